The summed E-state index contributed by atoms with van der Waals surface area (Å²) in [6.45, 7) is 5.82. The topological polar surface area (TPSA) is 67.2 Å². The number of hydrogen-bond donors (Lipinski definition) is 1. The van der Waals surface area contributed by atoms with Gasteiger partial charge in [0, 0.05) is 19.1 Å². The molecule has 6 nitrogen and oxygen atoms in total. The maximum absolute atomic E-state index is 12.6. The summed E-state index contributed by atoms with van der Waals surface area (Å²) in [6.07, 6.45) is 2.15. The Balaban J connectivity index is 1.79. The van der Waals surface area contributed by atoms with Crippen LogP contribution in [0, 0.1) is 0 Å². The van der Waals surface area contributed by atoms with E-state index in [2.05, 4.69) is 10.3 Å². The molecule has 1 aliphatic heterocycles. The van der Waals surface area contributed by atoms with Crippen molar-refractivity contribution in [2.45, 2.75) is 44.4 Å². The number of carbonyl (C=O) groups is 2. The molecule has 0 radical (unpaired) electrons. The Morgan fingerprint density at radius 1 is 1.24 bits per heavy atom. The summed E-state index contributed by atoms with van der Waals surface area (Å²) in [5.41, 5.74) is 1.78. The van der Waals surface area contributed by atoms with Gasteiger partial charge in [-0.25, -0.2) is 4.98 Å². The lowest BCUT2D eigenvalue weighted by molar-refractivity contribution is -0.130. The average Bonchev–Trinajstić information content (AvgIpc) is 3.21. The number of benzene rings is 1. The summed E-state index contributed by atoms with van der Waals surface area (Å²) in [4.78, 5) is 31.1. The quantitative estimate of drug-likeness (QED) is 0.803. The summed E-state index contributed by atoms with van der Waals surface area (Å²) < 4.78 is 1.93. The number of imidazole rings is 1. The van der Waals surface area contributed by atoms with Crippen LogP contribution in [0.2, 0.25) is 0 Å². The molecule has 134 valence electrons. The van der Waals surface area contributed by atoms with E-state index in [4.69, 9.17) is 0 Å². The van der Waals surface area contributed by atoms with E-state index in [0.717, 1.165) is 37.0 Å². The maximum atomic E-state index is 12.6. The number of amides is 2. The summed E-state index contributed by atoms with van der Waals surface area (Å²) in [5, 5.41) is 3.60. The molecule has 0 atom stereocenters. The number of carbonyl (C=O) groups excluding carboxylic acids is 2. The van der Waals surface area contributed by atoms with Crippen LogP contribution < -0.4 is 5.32 Å². The Hall–Kier alpha value is -2.02. The first-order valence-electron chi connectivity index (χ1n) is 8.70. The normalized spacial score (nSPS) is 14.4. The SMILES string of the molecule is CC(C)NC(=O)CSc1nc2ccccc2n1CC(=O)N1CCCC1. The highest BCUT2D eigenvalue weighted by Crippen LogP contribution is 2.24. The number of nitrogens with zero attached hydrogens (tertiary/aromatic N) is 3. The number of nitrogens with one attached hydrogen (secondary N) is 1. The predicted molar refractivity (Wildman–Crippen MR) is 99.5 cm³/mol. The van der Waals surface area contributed by atoms with E-state index in [0.29, 0.717) is 10.9 Å². The lowest BCUT2D eigenvalue weighted by Crippen LogP contribution is -2.32. The molecule has 1 aliphatic rings. The third-order valence-corrected chi connectivity index (χ3v) is 5.13. The molecule has 1 aromatic carbocycles. The highest BCUT2D eigenvalue weighted by atomic mass is 32.2. The van der Waals surface area contributed by atoms with Crippen molar-refractivity contribution >= 4 is 34.6 Å². The van der Waals surface area contributed by atoms with Crippen molar-refractivity contribution in [1.82, 2.24) is 19.8 Å². The van der Waals surface area contributed by atoms with Gasteiger partial charge in [0.05, 0.1) is 16.8 Å². The Kier molecular flexibility index (Phi) is 5.63. The second-order valence-corrected chi connectivity index (χ2v) is 7.51. The summed E-state index contributed by atoms with van der Waals surface area (Å²) >= 11 is 1.38. The van der Waals surface area contributed by atoms with Crippen LogP contribution >= 0.6 is 11.8 Å². The number of fused-ring (bicyclic) bond motifs is 1. The van der Waals surface area contributed by atoms with Gasteiger partial charge < -0.3 is 14.8 Å². The molecule has 2 aromatic rings. The number of likely N-dealkylation sites (tertiary alicyclic amines) is 1. The van der Waals surface area contributed by atoms with Crippen LogP contribution in [0.25, 0.3) is 11.0 Å². The van der Waals surface area contributed by atoms with Crippen LogP contribution in [0.1, 0.15) is 26.7 Å². The summed E-state index contributed by atoms with van der Waals surface area (Å²) in [7, 11) is 0. The van der Waals surface area contributed by atoms with Crippen molar-refractivity contribution in [3.05, 3.63) is 24.3 Å². The lowest BCUT2D eigenvalue weighted by Gasteiger charge is -2.17. The molecule has 25 heavy (non-hydrogen) atoms. The third-order valence-electron chi connectivity index (χ3n) is 4.15. The van der Waals surface area contributed by atoms with Crippen molar-refractivity contribution in [2.24, 2.45) is 0 Å². The molecule has 0 aliphatic carbocycles. The molecule has 1 fully saturated rings. The maximum Gasteiger partial charge on any atom is 0.242 e. The van der Waals surface area contributed by atoms with Gasteiger partial charge in [-0.15, -0.1) is 0 Å². The monoisotopic (exact) mass is 360 g/mol. The smallest absolute Gasteiger partial charge is 0.242 e. The molecule has 0 spiro atoms. The van der Waals surface area contributed by atoms with Gasteiger partial charge in [-0.1, -0.05) is 23.9 Å². The fourth-order valence-electron chi connectivity index (χ4n) is 3.01. The third kappa shape index (κ3) is 4.34. The van der Waals surface area contributed by atoms with Crippen LogP contribution in [-0.4, -0.2) is 51.1 Å². The van der Waals surface area contributed by atoms with Gasteiger partial charge in [0.15, 0.2) is 5.16 Å². The number of para-hydroxylation sites is 2. The van der Waals surface area contributed by atoms with E-state index in [1.807, 2.05) is 47.6 Å². The van der Waals surface area contributed by atoms with Crippen LogP contribution in [0.3, 0.4) is 0 Å². The Morgan fingerprint density at radius 3 is 2.68 bits per heavy atom. The minimum atomic E-state index is -0.0236. The molecular weight excluding hydrogens is 336 g/mol. The molecule has 2 heterocycles. The molecule has 1 aromatic heterocycles. The van der Waals surface area contributed by atoms with Crippen molar-refractivity contribution in [3.63, 3.8) is 0 Å². The van der Waals surface area contributed by atoms with Gasteiger partial charge >= 0.3 is 0 Å². The van der Waals surface area contributed by atoms with Gasteiger partial charge in [0.2, 0.25) is 11.8 Å². The van der Waals surface area contributed by atoms with Gasteiger partial charge in [0.1, 0.15) is 6.54 Å². The minimum Gasteiger partial charge on any atom is -0.353 e. The van der Waals surface area contributed by atoms with Gasteiger partial charge in [-0.05, 0) is 38.8 Å². The zero-order valence-corrected chi connectivity index (χ0v) is 15.5. The van der Waals surface area contributed by atoms with E-state index in [1.54, 1.807) is 0 Å². The summed E-state index contributed by atoms with van der Waals surface area (Å²) in [5.74, 6) is 0.387. The minimum absolute atomic E-state index is 0.0236. The van der Waals surface area contributed by atoms with Gasteiger partial charge in [0.25, 0.3) is 0 Å². The molecule has 0 bridgehead atoms. The zero-order valence-electron chi connectivity index (χ0n) is 14.7. The number of thioether (sulfide) groups is 1. The van der Waals surface area contributed by atoms with Gasteiger partial charge in [-0.3, -0.25) is 9.59 Å². The van der Waals surface area contributed by atoms with Gasteiger partial charge in [-0.2, -0.15) is 0 Å². The first kappa shape index (κ1) is 17.8. The fraction of sp³-hybridized carbons (Fsp3) is 0.500. The molecule has 2 amide bonds. The van der Waals surface area contributed by atoms with E-state index in [9.17, 15) is 9.59 Å². The molecule has 3 rings (SSSR count). The van der Waals surface area contributed by atoms with E-state index < -0.39 is 0 Å². The average molecular weight is 360 g/mol. The largest absolute Gasteiger partial charge is 0.353 e. The van der Waals surface area contributed by atoms with Crippen LogP contribution in [0.15, 0.2) is 29.4 Å². The second kappa shape index (κ2) is 7.91. The van der Waals surface area contributed by atoms with E-state index >= 15 is 0 Å². The number of aromatic nitrogens is 2. The molecular formula is C18H24N4O2S. The molecule has 7 heteroatoms. The standard InChI is InChI=1S/C18H24N4O2S/c1-13(2)19-16(23)12-25-18-20-14-7-3-4-8-15(14)22(18)11-17(24)21-9-5-6-10-21/h3-4,7-8,13H,5-6,9-12H2,1-2H3,(H,19,23). The fourth-order valence-corrected chi connectivity index (χ4v) is 3.84. The molecule has 0 unspecified atom stereocenters. The Labute approximate surface area is 152 Å². The molecule has 1 N–H and O–H groups in total. The number of rotatable bonds is 6. The number of hydrogen-bond acceptors (Lipinski definition) is 4. The highest BCUT2D eigenvalue weighted by Gasteiger charge is 2.21. The second-order valence-electron chi connectivity index (χ2n) is 6.57. The van der Waals surface area contributed by atoms with Crippen molar-refractivity contribution in [1.29, 1.82) is 0 Å². The summed E-state index contributed by atoms with van der Waals surface area (Å²) in [6, 6.07) is 7.90. The lowest BCUT2D eigenvalue weighted by atomic mass is 10.3. The van der Waals surface area contributed by atoms with Crippen LogP contribution in [-0.2, 0) is 16.1 Å². The zero-order chi connectivity index (χ0) is 17.8. The van der Waals surface area contributed by atoms with Crippen LogP contribution in [0.4, 0.5) is 0 Å². The van der Waals surface area contributed by atoms with Crippen molar-refractivity contribution < 1.29 is 9.59 Å². The van der Waals surface area contributed by atoms with Crippen LogP contribution in [0.5, 0.6) is 0 Å². The highest BCUT2D eigenvalue weighted by molar-refractivity contribution is 7.99. The van der Waals surface area contributed by atoms with E-state index in [1.165, 1.54) is 11.8 Å². The molecule has 1 saturated heterocycles. The van der Waals surface area contributed by atoms with Crippen molar-refractivity contribution in [3.8, 4) is 0 Å². The molecule has 0 saturated carbocycles. The first-order chi connectivity index (χ1) is 12.0. The van der Waals surface area contributed by atoms with Crippen molar-refractivity contribution in [2.75, 3.05) is 18.8 Å². The predicted octanol–water partition coefficient (Wildman–Crippen LogP) is 2.28. The Morgan fingerprint density at radius 2 is 1.96 bits per heavy atom. The Bertz CT molecular complexity index is 766. The first-order valence-corrected chi connectivity index (χ1v) is 9.68. The van der Waals surface area contributed by atoms with E-state index in [-0.39, 0.29) is 24.4 Å².